The molecule has 2 amide bonds. The number of imide groups is 1. The van der Waals surface area contributed by atoms with Crippen molar-refractivity contribution >= 4 is 17.8 Å². The van der Waals surface area contributed by atoms with Crippen LogP contribution >= 0.6 is 0 Å². The van der Waals surface area contributed by atoms with Gasteiger partial charge in [0.2, 0.25) is 0 Å². The highest BCUT2D eigenvalue weighted by atomic mass is 16.7. The van der Waals surface area contributed by atoms with Gasteiger partial charge in [0.05, 0.1) is 24.8 Å². The minimum absolute atomic E-state index is 0.0933. The maximum absolute atomic E-state index is 12.5. The van der Waals surface area contributed by atoms with E-state index in [0.29, 0.717) is 17.4 Å². The van der Waals surface area contributed by atoms with Crippen LogP contribution in [0.5, 0.6) is 11.5 Å². The van der Waals surface area contributed by atoms with Crippen molar-refractivity contribution in [3.8, 4) is 11.5 Å². The van der Waals surface area contributed by atoms with E-state index in [0.717, 1.165) is 6.42 Å². The number of rotatable bonds is 6. The van der Waals surface area contributed by atoms with Gasteiger partial charge in [-0.05, 0) is 30.7 Å². The minimum Gasteiger partial charge on any atom is -0.497 e. The lowest BCUT2D eigenvalue weighted by molar-refractivity contribution is -0.0586. The predicted octanol–water partition coefficient (Wildman–Crippen LogP) is 2.85. The summed E-state index contributed by atoms with van der Waals surface area (Å²) >= 11 is 0. The van der Waals surface area contributed by atoms with Crippen LogP contribution in [-0.4, -0.2) is 36.6 Å². The van der Waals surface area contributed by atoms with Crippen molar-refractivity contribution in [3.05, 3.63) is 59.2 Å². The second-order valence-electron chi connectivity index (χ2n) is 5.54. The van der Waals surface area contributed by atoms with Crippen LogP contribution in [0.3, 0.4) is 0 Å². The Morgan fingerprint density at radius 1 is 1.04 bits per heavy atom. The van der Waals surface area contributed by atoms with E-state index in [-0.39, 0.29) is 22.4 Å². The van der Waals surface area contributed by atoms with E-state index in [1.54, 1.807) is 24.3 Å². The molecule has 7 nitrogen and oxygen atoms in total. The zero-order valence-electron chi connectivity index (χ0n) is 14.4. The lowest BCUT2D eigenvalue weighted by Gasteiger charge is -2.15. The molecule has 0 N–H and O–H groups in total. The first-order valence-corrected chi connectivity index (χ1v) is 8.07. The van der Waals surface area contributed by atoms with Crippen LogP contribution < -0.4 is 9.47 Å². The Kier molecular flexibility index (Phi) is 4.88. The van der Waals surface area contributed by atoms with E-state index >= 15 is 0 Å². The molecule has 1 heterocycles. The normalized spacial score (nSPS) is 12.8. The Labute approximate surface area is 150 Å². The molecule has 0 saturated heterocycles. The summed E-state index contributed by atoms with van der Waals surface area (Å²) in [5, 5.41) is 0.473. The number of hydrogen-bond donors (Lipinski definition) is 0. The highest BCUT2D eigenvalue weighted by molar-refractivity contribution is 6.21. The van der Waals surface area contributed by atoms with E-state index in [4.69, 9.17) is 14.3 Å². The third-order valence-corrected chi connectivity index (χ3v) is 3.80. The molecule has 0 aliphatic carbocycles. The van der Waals surface area contributed by atoms with Crippen molar-refractivity contribution in [1.29, 1.82) is 0 Å². The summed E-state index contributed by atoms with van der Waals surface area (Å²) in [6.07, 6.45) is 0.740. The fourth-order valence-corrected chi connectivity index (χ4v) is 2.51. The molecule has 0 fully saturated rings. The van der Waals surface area contributed by atoms with Crippen LogP contribution in [0.1, 0.15) is 44.4 Å². The Balaban J connectivity index is 1.85. The molecule has 0 atom stereocenters. The van der Waals surface area contributed by atoms with Crippen molar-refractivity contribution in [2.75, 3.05) is 13.7 Å². The molecule has 0 bridgehead atoms. The summed E-state index contributed by atoms with van der Waals surface area (Å²) in [6.45, 7) is 2.32. The second kappa shape index (κ2) is 7.26. The number of ether oxygens (including phenoxy) is 2. The number of methoxy groups -OCH3 is 1. The van der Waals surface area contributed by atoms with Gasteiger partial charge in [-0.1, -0.05) is 24.1 Å². The van der Waals surface area contributed by atoms with Crippen LogP contribution in [-0.2, 0) is 4.84 Å². The Hall–Kier alpha value is -3.35. The molecule has 1 aliphatic heterocycles. The first-order valence-electron chi connectivity index (χ1n) is 8.07. The molecule has 0 spiro atoms. The van der Waals surface area contributed by atoms with E-state index in [2.05, 4.69) is 0 Å². The van der Waals surface area contributed by atoms with Gasteiger partial charge in [0.1, 0.15) is 17.1 Å². The number of nitrogens with zero attached hydrogens (tertiary/aromatic N) is 1. The number of fused-ring (bicyclic) bond motifs is 1. The summed E-state index contributed by atoms with van der Waals surface area (Å²) in [5.41, 5.74) is 0.487. The Morgan fingerprint density at radius 3 is 2.27 bits per heavy atom. The van der Waals surface area contributed by atoms with Crippen molar-refractivity contribution in [2.24, 2.45) is 0 Å². The summed E-state index contributed by atoms with van der Waals surface area (Å²) < 4.78 is 10.7. The average Bonchev–Trinajstić information content (AvgIpc) is 2.91. The highest BCUT2D eigenvalue weighted by Crippen LogP contribution is 2.28. The lowest BCUT2D eigenvalue weighted by Crippen LogP contribution is -2.32. The smallest absolute Gasteiger partial charge is 0.367 e. The number of hydrogen-bond acceptors (Lipinski definition) is 6. The molecular formula is C19H17NO6. The summed E-state index contributed by atoms with van der Waals surface area (Å²) in [6, 6.07) is 10.9. The standard InChI is InChI=1S/C19H17NO6/c1-3-10-25-16-11-12(24-2)8-9-15(16)19(23)26-20-17(21)13-6-4-5-7-14(13)18(20)22/h4-9,11H,3,10H2,1-2H3. The fourth-order valence-electron chi connectivity index (χ4n) is 2.51. The van der Waals surface area contributed by atoms with Crippen LogP contribution in [0.2, 0.25) is 0 Å². The van der Waals surface area contributed by atoms with Crippen LogP contribution in [0.4, 0.5) is 0 Å². The van der Waals surface area contributed by atoms with Crippen LogP contribution in [0.25, 0.3) is 0 Å². The summed E-state index contributed by atoms with van der Waals surface area (Å²) in [7, 11) is 1.50. The number of amides is 2. The molecule has 2 aromatic carbocycles. The van der Waals surface area contributed by atoms with Gasteiger partial charge in [0.15, 0.2) is 0 Å². The van der Waals surface area contributed by atoms with Gasteiger partial charge in [0.25, 0.3) is 11.8 Å². The Morgan fingerprint density at radius 2 is 1.69 bits per heavy atom. The van der Waals surface area contributed by atoms with Gasteiger partial charge in [-0.2, -0.15) is 0 Å². The molecule has 0 saturated carbocycles. The number of carbonyl (C=O) groups is 3. The second-order valence-corrected chi connectivity index (χ2v) is 5.54. The van der Waals surface area contributed by atoms with Gasteiger partial charge in [-0.3, -0.25) is 9.59 Å². The molecule has 2 aromatic rings. The first kappa shape index (κ1) is 17.5. The largest absolute Gasteiger partial charge is 0.497 e. The van der Waals surface area contributed by atoms with Crippen LogP contribution in [0.15, 0.2) is 42.5 Å². The molecule has 0 radical (unpaired) electrons. The van der Waals surface area contributed by atoms with Gasteiger partial charge >= 0.3 is 5.97 Å². The molecule has 7 heteroatoms. The van der Waals surface area contributed by atoms with E-state index < -0.39 is 17.8 Å². The van der Waals surface area contributed by atoms with Gasteiger partial charge in [-0.15, -0.1) is 0 Å². The summed E-state index contributed by atoms with van der Waals surface area (Å²) in [5.74, 6) is -1.46. The number of benzene rings is 2. The van der Waals surface area contributed by atoms with Crippen molar-refractivity contribution in [3.63, 3.8) is 0 Å². The van der Waals surface area contributed by atoms with Gasteiger partial charge < -0.3 is 14.3 Å². The molecule has 0 unspecified atom stereocenters. The first-order chi connectivity index (χ1) is 12.6. The molecule has 3 rings (SSSR count). The summed E-state index contributed by atoms with van der Waals surface area (Å²) in [4.78, 5) is 42.2. The minimum atomic E-state index is -0.867. The zero-order chi connectivity index (χ0) is 18.7. The van der Waals surface area contributed by atoms with Gasteiger partial charge in [0, 0.05) is 6.07 Å². The molecule has 1 aliphatic rings. The molecule has 0 aromatic heterocycles. The number of hydroxylamine groups is 2. The zero-order valence-corrected chi connectivity index (χ0v) is 14.4. The van der Waals surface area contributed by atoms with Crippen molar-refractivity contribution in [1.82, 2.24) is 5.06 Å². The molecule has 26 heavy (non-hydrogen) atoms. The quantitative estimate of drug-likeness (QED) is 0.741. The molecule has 134 valence electrons. The van der Waals surface area contributed by atoms with Gasteiger partial charge in [-0.25, -0.2) is 4.79 Å². The monoisotopic (exact) mass is 355 g/mol. The fraction of sp³-hybridized carbons (Fsp3) is 0.211. The van der Waals surface area contributed by atoms with Crippen LogP contribution in [0, 0.1) is 0 Å². The van der Waals surface area contributed by atoms with E-state index in [9.17, 15) is 14.4 Å². The third kappa shape index (κ3) is 3.11. The topological polar surface area (TPSA) is 82.1 Å². The highest BCUT2D eigenvalue weighted by Gasteiger charge is 2.39. The predicted molar refractivity (Wildman–Crippen MR) is 91.1 cm³/mol. The van der Waals surface area contributed by atoms with Crippen molar-refractivity contribution < 1.29 is 28.7 Å². The third-order valence-electron chi connectivity index (χ3n) is 3.80. The van der Waals surface area contributed by atoms with E-state index in [1.165, 1.54) is 25.3 Å². The maximum atomic E-state index is 12.5. The average molecular weight is 355 g/mol. The maximum Gasteiger partial charge on any atom is 0.367 e. The Bertz CT molecular complexity index is 841. The number of carbonyl (C=O) groups excluding carboxylic acids is 3. The lowest BCUT2D eigenvalue weighted by atomic mass is 10.1. The van der Waals surface area contributed by atoms with E-state index in [1.807, 2.05) is 6.92 Å². The SMILES string of the molecule is CCCOc1cc(OC)ccc1C(=O)ON1C(=O)c2ccccc2C1=O. The molecular weight excluding hydrogens is 338 g/mol. The van der Waals surface area contributed by atoms with Crippen molar-refractivity contribution in [2.45, 2.75) is 13.3 Å².